The number of nitrogens with one attached hydrogen (secondary N) is 2. The predicted octanol–water partition coefficient (Wildman–Crippen LogP) is 3.64. The highest BCUT2D eigenvalue weighted by atomic mass is 19.4. The topological polar surface area (TPSA) is 87.5 Å². The minimum Gasteiger partial charge on any atom is -0.394 e. The van der Waals surface area contributed by atoms with Crippen LogP contribution >= 0.6 is 0 Å². The van der Waals surface area contributed by atoms with Crippen LogP contribution in [-0.2, 0) is 16.1 Å². The van der Waals surface area contributed by atoms with E-state index in [1.807, 2.05) is 5.32 Å². The van der Waals surface area contributed by atoms with Gasteiger partial charge in [0.25, 0.3) is 5.91 Å². The SMILES string of the molecule is C[C@H](C(=O)NCC(F)(F)F)c1cc(F)c(NC(=O)C(N)=C(C2CC2)C2CC2)cc1CN(C)C. The third-order valence-electron chi connectivity index (χ3n) is 5.88. The third-order valence-corrected chi connectivity index (χ3v) is 5.88. The first-order valence-electron chi connectivity index (χ1n) is 11.0. The molecule has 182 valence electrons. The molecule has 0 aliphatic heterocycles. The molecule has 2 aliphatic carbocycles. The van der Waals surface area contributed by atoms with Crippen molar-refractivity contribution in [1.29, 1.82) is 0 Å². The monoisotopic (exact) mass is 470 g/mol. The molecular weight excluding hydrogens is 440 g/mol. The Morgan fingerprint density at radius 1 is 1.15 bits per heavy atom. The molecule has 1 atom stereocenters. The van der Waals surface area contributed by atoms with Gasteiger partial charge in [-0.05, 0) is 87.4 Å². The van der Waals surface area contributed by atoms with E-state index in [0.29, 0.717) is 17.4 Å². The lowest BCUT2D eigenvalue weighted by Crippen LogP contribution is -2.36. The second kappa shape index (κ2) is 9.70. The summed E-state index contributed by atoms with van der Waals surface area (Å²) in [5.41, 5.74) is 7.92. The largest absolute Gasteiger partial charge is 0.405 e. The van der Waals surface area contributed by atoms with E-state index in [9.17, 15) is 27.2 Å². The molecule has 0 heterocycles. The molecule has 0 radical (unpaired) electrons. The summed E-state index contributed by atoms with van der Waals surface area (Å²) in [6.07, 6.45) is -0.531. The van der Waals surface area contributed by atoms with Gasteiger partial charge >= 0.3 is 6.18 Å². The van der Waals surface area contributed by atoms with E-state index in [1.54, 1.807) is 19.0 Å². The molecule has 0 unspecified atom stereocenters. The molecule has 3 rings (SSSR count). The number of benzene rings is 1. The average Bonchev–Trinajstić information content (AvgIpc) is 3.62. The maximum absolute atomic E-state index is 14.9. The van der Waals surface area contributed by atoms with Gasteiger partial charge in [-0.3, -0.25) is 9.59 Å². The smallest absolute Gasteiger partial charge is 0.394 e. The fraction of sp³-hybridized carbons (Fsp3) is 0.565. The van der Waals surface area contributed by atoms with Crippen molar-refractivity contribution in [2.45, 2.75) is 51.2 Å². The van der Waals surface area contributed by atoms with Gasteiger partial charge in [-0.1, -0.05) is 0 Å². The summed E-state index contributed by atoms with van der Waals surface area (Å²) in [6, 6.07) is 2.51. The summed E-state index contributed by atoms with van der Waals surface area (Å²) in [5, 5.41) is 4.38. The van der Waals surface area contributed by atoms with Crippen molar-refractivity contribution in [3.8, 4) is 0 Å². The predicted molar refractivity (Wildman–Crippen MR) is 117 cm³/mol. The minimum atomic E-state index is -4.55. The summed E-state index contributed by atoms with van der Waals surface area (Å²) in [6.45, 7) is 0.234. The number of hydrogen-bond donors (Lipinski definition) is 3. The minimum absolute atomic E-state index is 0.0857. The van der Waals surface area contributed by atoms with Gasteiger partial charge in [0, 0.05) is 6.54 Å². The Hall–Kier alpha value is -2.62. The van der Waals surface area contributed by atoms with Crippen LogP contribution in [0.2, 0.25) is 0 Å². The average molecular weight is 471 g/mol. The molecule has 2 amide bonds. The fourth-order valence-electron chi connectivity index (χ4n) is 3.97. The van der Waals surface area contributed by atoms with E-state index >= 15 is 0 Å². The zero-order chi connectivity index (χ0) is 24.5. The lowest BCUT2D eigenvalue weighted by atomic mass is 9.93. The van der Waals surface area contributed by atoms with E-state index in [2.05, 4.69) is 5.32 Å². The highest BCUT2D eigenvalue weighted by molar-refractivity contribution is 6.04. The summed E-state index contributed by atoms with van der Waals surface area (Å²) < 4.78 is 52.3. The van der Waals surface area contributed by atoms with Gasteiger partial charge in [0.2, 0.25) is 5.91 Å². The van der Waals surface area contributed by atoms with E-state index in [1.165, 1.54) is 13.0 Å². The first-order chi connectivity index (χ1) is 15.4. The summed E-state index contributed by atoms with van der Waals surface area (Å²) in [7, 11) is 3.52. The van der Waals surface area contributed by atoms with E-state index in [-0.39, 0.29) is 23.5 Å². The van der Waals surface area contributed by atoms with Crippen LogP contribution < -0.4 is 16.4 Å². The Balaban J connectivity index is 1.84. The van der Waals surface area contributed by atoms with Crippen LogP contribution in [0.15, 0.2) is 23.4 Å². The Morgan fingerprint density at radius 3 is 2.21 bits per heavy atom. The molecule has 10 heteroatoms. The van der Waals surface area contributed by atoms with Crippen LogP contribution in [0, 0.1) is 17.7 Å². The number of carbonyl (C=O) groups is 2. The van der Waals surface area contributed by atoms with Crippen LogP contribution in [-0.4, -0.2) is 43.5 Å². The molecule has 2 aliphatic rings. The molecule has 6 nitrogen and oxygen atoms in total. The molecule has 1 aromatic carbocycles. The number of alkyl halides is 3. The van der Waals surface area contributed by atoms with E-state index < -0.39 is 36.3 Å². The number of allylic oxidation sites excluding steroid dienone is 1. The van der Waals surface area contributed by atoms with Crippen LogP contribution in [0.25, 0.3) is 0 Å². The van der Waals surface area contributed by atoms with E-state index in [4.69, 9.17) is 5.73 Å². The second-order valence-electron chi connectivity index (χ2n) is 9.20. The molecule has 0 saturated heterocycles. The lowest BCUT2D eigenvalue weighted by Gasteiger charge is -2.21. The van der Waals surface area contributed by atoms with Crippen molar-refractivity contribution in [1.82, 2.24) is 10.2 Å². The Morgan fingerprint density at radius 2 is 1.73 bits per heavy atom. The van der Waals surface area contributed by atoms with Crippen molar-refractivity contribution in [3.05, 3.63) is 40.3 Å². The van der Waals surface area contributed by atoms with Gasteiger partial charge in [0.1, 0.15) is 12.4 Å². The van der Waals surface area contributed by atoms with Gasteiger partial charge in [-0.25, -0.2) is 4.39 Å². The Kier molecular flexibility index (Phi) is 7.36. The van der Waals surface area contributed by atoms with Crippen molar-refractivity contribution < 1.29 is 27.2 Å². The zero-order valence-corrected chi connectivity index (χ0v) is 19.0. The van der Waals surface area contributed by atoms with Crippen molar-refractivity contribution in [2.24, 2.45) is 17.6 Å². The molecular formula is C23H30F4N4O2. The van der Waals surface area contributed by atoms with Crippen molar-refractivity contribution >= 4 is 17.5 Å². The molecule has 0 bridgehead atoms. The number of nitrogens with two attached hydrogens (primary N) is 1. The number of nitrogens with zero attached hydrogens (tertiary/aromatic N) is 1. The molecule has 2 fully saturated rings. The van der Waals surface area contributed by atoms with Gasteiger partial charge in [0.05, 0.1) is 17.3 Å². The van der Waals surface area contributed by atoms with Gasteiger partial charge in [0.15, 0.2) is 0 Å². The first kappa shape index (κ1) is 25.0. The molecule has 1 aromatic rings. The van der Waals surface area contributed by atoms with Gasteiger partial charge in [-0.2, -0.15) is 13.2 Å². The standard InChI is InChI=1S/C23H30F4N4O2/c1-12(21(32)29-11-23(25,26)27)16-9-17(24)18(8-15(16)10-31(2)3)30-22(33)20(28)19(13-4-5-13)14-6-7-14/h8-9,12-14H,4-7,10-11,28H2,1-3H3,(H,29,32)(H,30,33)/t12-/m0/s1. The van der Waals surface area contributed by atoms with Crippen LogP contribution in [0.3, 0.4) is 0 Å². The molecule has 4 N–H and O–H groups in total. The fourth-order valence-corrected chi connectivity index (χ4v) is 3.97. The van der Waals surface area contributed by atoms with Crippen molar-refractivity contribution in [2.75, 3.05) is 26.0 Å². The molecule has 0 spiro atoms. The Bertz CT molecular complexity index is 937. The number of carbonyl (C=O) groups excluding carboxylic acids is 2. The van der Waals surface area contributed by atoms with Crippen LogP contribution in [0.1, 0.15) is 49.7 Å². The lowest BCUT2D eigenvalue weighted by molar-refractivity contribution is -0.139. The van der Waals surface area contributed by atoms with Gasteiger partial charge in [-0.15, -0.1) is 0 Å². The highest BCUT2D eigenvalue weighted by Gasteiger charge is 2.39. The number of anilines is 1. The number of amides is 2. The molecule has 33 heavy (non-hydrogen) atoms. The Labute approximate surface area is 190 Å². The maximum atomic E-state index is 14.9. The third kappa shape index (κ3) is 6.69. The van der Waals surface area contributed by atoms with Crippen LogP contribution in [0.4, 0.5) is 23.2 Å². The quantitative estimate of drug-likeness (QED) is 0.380. The summed E-state index contributed by atoms with van der Waals surface area (Å²) in [5.74, 6) is -2.59. The normalized spacial score (nSPS) is 17.0. The first-order valence-corrected chi connectivity index (χ1v) is 11.0. The van der Waals surface area contributed by atoms with Crippen LogP contribution in [0.5, 0.6) is 0 Å². The van der Waals surface area contributed by atoms with E-state index in [0.717, 1.165) is 37.3 Å². The van der Waals surface area contributed by atoms with Gasteiger partial charge < -0.3 is 21.3 Å². The highest BCUT2D eigenvalue weighted by Crippen LogP contribution is 2.49. The molecule has 2 saturated carbocycles. The van der Waals surface area contributed by atoms with Crippen molar-refractivity contribution in [3.63, 3.8) is 0 Å². The summed E-state index contributed by atoms with van der Waals surface area (Å²) in [4.78, 5) is 26.8. The summed E-state index contributed by atoms with van der Waals surface area (Å²) >= 11 is 0. The number of hydrogen-bond acceptors (Lipinski definition) is 4. The number of halogens is 4. The molecule has 0 aromatic heterocycles. The maximum Gasteiger partial charge on any atom is 0.405 e. The second-order valence-corrected chi connectivity index (χ2v) is 9.20. The number of rotatable bonds is 9. The zero-order valence-electron chi connectivity index (χ0n) is 19.0.